The predicted octanol–water partition coefficient (Wildman–Crippen LogP) is 0.876. The Morgan fingerprint density at radius 1 is 1.30 bits per heavy atom. The van der Waals surface area contributed by atoms with Crippen molar-refractivity contribution in [2.45, 2.75) is 18.9 Å². The zero-order chi connectivity index (χ0) is 14.3. The van der Waals surface area contributed by atoms with Crippen molar-refractivity contribution >= 4 is 11.9 Å². The number of furan rings is 1. The van der Waals surface area contributed by atoms with Gasteiger partial charge in [0.05, 0.1) is 7.11 Å². The highest BCUT2D eigenvalue weighted by Gasteiger charge is 2.43. The van der Waals surface area contributed by atoms with E-state index in [0.29, 0.717) is 18.4 Å². The first-order chi connectivity index (χ1) is 9.60. The summed E-state index contributed by atoms with van der Waals surface area (Å²) in [5, 5.41) is 0. The molecule has 2 heterocycles. The van der Waals surface area contributed by atoms with Crippen LogP contribution in [0.3, 0.4) is 0 Å². The van der Waals surface area contributed by atoms with Gasteiger partial charge in [-0.15, -0.1) is 0 Å². The Hall–Kier alpha value is -1.82. The number of nitrogens with zero attached hydrogens (tertiary/aromatic N) is 1. The third-order valence-corrected chi connectivity index (χ3v) is 4.40. The van der Waals surface area contributed by atoms with Crippen molar-refractivity contribution in [1.82, 2.24) is 4.90 Å². The number of hydrogen-bond donors (Lipinski definition) is 1. The number of ether oxygens (including phenoxy) is 1. The summed E-state index contributed by atoms with van der Waals surface area (Å²) >= 11 is 0. The first kappa shape index (κ1) is 13.2. The molecular formula is C14H18N2O4. The van der Waals surface area contributed by atoms with E-state index in [1.54, 1.807) is 4.90 Å². The van der Waals surface area contributed by atoms with Crippen molar-refractivity contribution in [2.75, 3.05) is 20.2 Å². The predicted molar refractivity (Wildman–Crippen MR) is 70.1 cm³/mol. The first-order valence-corrected chi connectivity index (χ1v) is 6.83. The molecule has 0 spiro atoms. The van der Waals surface area contributed by atoms with Crippen LogP contribution in [-0.2, 0) is 4.74 Å². The number of rotatable bonds is 2. The van der Waals surface area contributed by atoms with E-state index in [-0.39, 0.29) is 23.5 Å². The lowest BCUT2D eigenvalue weighted by Crippen LogP contribution is -2.33. The van der Waals surface area contributed by atoms with E-state index in [4.69, 9.17) is 10.2 Å². The molecule has 1 aliphatic carbocycles. The third kappa shape index (κ3) is 2.10. The molecule has 2 aliphatic rings. The lowest BCUT2D eigenvalue weighted by atomic mass is 9.98. The largest absolute Gasteiger partial charge is 0.463 e. The summed E-state index contributed by atoms with van der Waals surface area (Å²) in [6, 6.07) is 3.17. The summed E-state index contributed by atoms with van der Waals surface area (Å²) in [6.45, 7) is 1.41. The second-order valence-corrected chi connectivity index (χ2v) is 5.53. The van der Waals surface area contributed by atoms with Crippen LogP contribution >= 0.6 is 0 Å². The van der Waals surface area contributed by atoms with Crippen LogP contribution in [-0.4, -0.2) is 43.0 Å². The minimum absolute atomic E-state index is 0.0481. The second-order valence-electron chi connectivity index (χ2n) is 5.53. The lowest BCUT2D eigenvalue weighted by Gasteiger charge is -2.17. The SMILES string of the molecule is COC(=O)c1ccc(C(=O)N2CC3CCC(N)C3C2)o1. The molecule has 1 aromatic heterocycles. The fraction of sp³-hybridized carbons (Fsp3) is 0.571. The van der Waals surface area contributed by atoms with E-state index in [0.717, 1.165) is 19.4 Å². The topological polar surface area (TPSA) is 85.8 Å². The maximum absolute atomic E-state index is 12.3. The molecule has 3 atom stereocenters. The van der Waals surface area contributed by atoms with E-state index in [2.05, 4.69) is 4.74 Å². The van der Waals surface area contributed by atoms with Gasteiger partial charge < -0.3 is 19.8 Å². The zero-order valence-corrected chi connectivity index (χ0v) is 11.4. The van der Waals surface area contributed by atoms with Crippen LogP contribution in [0.5, 0.6) is 0 Å². The van der Waals surface area contributed by atoms with E-state index in [9.17, 15) is 9.59 Å². The van der Waals surface area contributed by atoms with E-state index in [1.165, 1.54) is 19.2 Å². The van der Waals surface area contributed by atoms with E-state index in [1.807, 2.05) is 0 Å². The summed E-state index contributed by atoms with van der Waals surface area (Å²) in [6.07, 6.45) is 2.13. The van der Waals surface area contributed by atoms with Gasteiger partial charge in [0.1, 0.15) is 0 Å². The van der Waals surface area contributed by atoms with Crippen LogP contribution in [0.4, 0.5) is 0 Å². The molecule has 3 rings (SSSR count). The van der Waals surface area contributed by atoms with Crippen LogP contribution < -0.4 is 5.73 Å². The maximum atomic E-state index is 12.3. The van der Waals surface area contributed by atoms with Gasteiger partial charge >= 0.3 is 5.97 Å². The van der Waals surface area contributed by atoms with Crippen molar-refractivity contribution in [1.29, 1.82) is 0 Å². The van der Waals surface area contributed by atoms with Gasteiger partial charge in [-0.3, -0.25) is 4.79 Å². The van der Waals surface area contributed by atoms with Gasteiger partial charge in [0.2, 0.25) is 5.76 Å². The number of methoxy groups -OCH3 is 1. The van der Waals surface area contributed by atoms with Gasteiger partial charge in [-0.05, 0) is 36.8 Å². The van der Waals surface area contributed by atoms with Crippen LogP contribution in [0.15, 0.2) is 16.5 Å². The first-order valence-electron chi connectivity index (χ1n) is 6.83. The van der Waals surface area contributed by atoms with Gasteiger partial charge in [0, 0.05) is 19.1 Å². The molecule has 2 N–H and O–H groups in total. The molecule has 0 radical (unpaired) electrons. The average molecular weight is 278 g/mol. The zero-order valence-electron chi connectivity index (χ0n) is 11.4. The number of carbonyl (C=O) groups excluding carboxylic acids is 2. The summed E-state index contributed by atoms with van der Waals surface area (Å²) < 4.78 is 9.82. The van der Waals surface area contributed by atoms with Crippen molar-refractivity contribution in [3.05, 3.63) is 23.7 Å². The molecule has 6 heteroatoms. The standard InChI is InChI=1S/C14H18N2O4/c1-19-14(18)12-5-4-11(20-12)13(17)16-6-8-2-3-10(15)9(8)7-16/h4-5,8-10H,2-3,6-7,15H2,1H3. The highest BCUT2D eigenvalue weighted by Crippen LogP contribution is 2.37. The number of hydrogen-bond acceptors (Lipinski definition) is 5. The fourth-order valence-corrected chi connectivity index (χ4v) is 3.29. The van der Waals surface area contributed by atoms with Gasteiger partial charge in [0.25, 0.3) is 5.91 Å². The molecule has 0 bridgehead atoms. The molecule has 1 saturated carbocycles. The Labute approximate surface area is 116 Å². The molecule has 108 valence electrons. The molecule has 1 aromatic rings. The Balaban J connectivity index is 1.71. The second kappa shape index (κ2) is 4.94. The van der Waals surface area contributed by atoms with Crippen LogP contribution in [0.1, 0.15) is 34.0 Å². The van der Waals surface area contributed by atoms with E-state index >= 15 is 0 Å². The molecule has 20 heavy (non-hydrogen) atoms. The summed E-state index contributed by atoms with van der Waals surface area (Å²) in [4.78, 5) is 25.4. The van der Waals surface area contributed by atoms with Gasteiger partial charge in [-0.25, -0.2) is 4.79 Å². The molecule has 2 fully saturated rings. The monoisotopic (exact) mass is 278 g/mol. The Bertz CT molecular complexity index is 539. The lowest BCUT2D eigenvalue weighted by molar-refractivity contribution is 0.0559. The molecule has 6 nitrogen and oxygen atoms in total. The third-order valence-electron chi connectivity index (χ3n) is 4.40. The molecule has 0 aromatic carbocycles. The van der Waals surface area contributed by atoms with Crippen LogP contribution in [0.25, 0.3) is 0 Å². The number of esters is 1. The highest BCUT2D eigenvalue weighted by atomic mass is 16.5. The average Bonchev–Trinajstić information content (AvgIpc) is 3.14. The van der Waals surface area contributed by atoms with Crippen molar-refractivity contribution < 1.29 is 18.7 Å². The molecule has 3 unspecified atom stereocenters. The maximum Gasteiger partial charge on any atom is 0.373 e. The summed E-state index contributed by atoms with van der Waals surface area (Å²) in [5.41, 5.74) is 6.06. The quantitative estimate of drug-likeness (QED) is 0.811. The Kier molecular flexibility index (Phi) is 3.25. The number of likely N-dealkylation sites (tertiary alicyclic amines) is 1. The van der Waals surface area contributed by atoms with Crippen molar-refractivity contribution in [3.8, 4) is 0 Å². The Morgan fingerprint density at radius 3 is 2.75 bits per heavy atom. The van der Waals surface area contributed by atoms with Crippen LogP contribution in [0, 0.1) is 11.8 Å². The number of carbonyl (C=O) groups is 2. The summed E-state index contributed by atoms with van der Waals surface area (Å²) in [5.74, 6) is 0.370. The summed E-state index contributed by atoms with van der Waals surface area (Å²) in [7, 11) is 1.27. The fourth-order valence-electron chi connectivity index (χ4n) is 3.29. The van der Waals surface area contributed by atoms with Crippen LogP contribution in [0.2, 0.25) is 0 Å². The smallest absolute Gasteiger partial charge is 0.373 e. The molecule has 1 amide bonds. The normalized spacial score (nSPS) is 28.5. The van der Waals surface area contributed by atoms with Gasteiger partial charge in [-0.1, -0.05) is 0 Å². The van der Waals surface area contributed by atoms with Gasteiger partial charge in [-0.2, -0.15) is 0 Å². The highest BCUT2D eigenvalue weighted by molar-refractivity contribution is 5.94. The van der Waals surface area contributed by atoms with E-state index < -0.39 is 5.97 Å². The number of amides is 1. The van der Waals surface area contributed by atoms with Gasteiger partial charge in [0.15, 0.2) is 5.76 Å². The van der Waals surface area contributed by atoms with Crippen molar-refractivity contribution in [3.63, 3.8) is 0 Å². The Morgan fingerprint density at radius 2 is 2.05 bits per heavy atom. The molecule has 1 aliphatic heterocycles. The van der Waals surface area contributed by atoms with Crippen molar-refractivity contribution in [2.24, 2.45) is 17.6 Å². The molecule has 1 saturated heterocycles. The number of nitrogens with two attached hydrogens (primary N) is 1. The molecular weight excluding hydrogens is 260 g/mol. The minimum atomic E-state index is -0.579. The number of fused-ring (bicyclic) bond motifs is 1. The minimum Gasteiger partial charge on any atom is -0.463 e.